The van der Waals surface area contributed by atoms with Gasteiger partial charge in [-0.1, -0.05) is 22.0 Å². The lowest BCUT2D eigenvalue weighted by atomic mass is 10.1. The van der Waals surface area contributed by atoms with Crippen LogP contribution in [0.25, 0.3) is 0 Å². The van der Waals surface area contributed by atoms with Gasteiger partial charge in [0.1, 0.15) is 0 Å². The summed E-state index contributed by atoms with van der Waals surface area (Å²) in [5, 5.41) is 2.94. The third kappa shape index (κ3) is 3.04. The van der Waals surface area contributed by atoms with Crippen LogP contribution in [0.15, 0.2) is 39.3 Å². The van der Waals surface area contributed by atoms with Crippen LogP contribution >= 0.6 is 31.9 Å². The van der Waals surface area contributed by atoms with E-state index in [2.05, 4.69) is 37.2 Å². The number of benzene rings is 2. The molecule has 1 amide bonds. The molecule has 0 unspecified atom stereocenters. The van der Waals surface area contributed by atoms with Crippen LogP contribution in [-0.4, -0.2) is 5.91 Å². The van der Waals surface area contributed by atoms with Crippen LogP contribution in [0.1, 0.15) is 21.5 Å². The van der Waals surface area contributed by atoms with Gasteiger partial charge < -0.3 is 11.1 Å². The van der Waals surface area contributed by atoms with Crippen LogP contribution in [0.3, 0.4) is 0 Å². The monoisotopic (exact) mass is 396 g/mol. The predicted octanol–water partition coefficient (Wildman–Crippen LogP) is 4.66. The number of rotatable bonds is 2. The van der Waals surface area contributed by atoms with Crippen LogP contribution in [0.2, 0.25) is 0 Å². The van der Waals surface area contributed by atoms with Crippen molar-refractivity contribution < 1.29 is 4.79 Å². The van der Waals surface area contributed by atoms with Crippen LogP contribution in [0.5, 0.6) is 0 Å². The van der Waals surface area contributed by atoms with Gasteiger partial charge in [-0.05, 0) is 65.2 Å². The van der Waals surface area contributed by atoms with E-state index >= 15 is 0 Å². The van der Waals surface area contributed by atoms with Crippen LogP contribution in [-0.2, 0) is 0 Å². The molecule has 2 aromatic rings. The van der Waals surface area contributed by atoms with Gasteiger partial charge in [-0.25, -0.2) is 0 Å². The molecule has 0 saturated carbocycles. The second-order valence-corrected chi connectivity index (χ2v) is 6.29. The van der Waals surface area contributed by atoms with Crippen molar-refractivity contribution >= 4 is 49.1 Å². The van der Waals surface area contributed by atoms with Crippen molar-refractivity contribution in [3.8, 4) is 0 Å². The highest BCUT2D eigenvalue weighted by Crippen LogP contribution is 2.28. The second kappa shape index (κ2) is 5.97. The lowest BCUT2D eigenvalue weighted by Crippen LogP contribution is -2.15. The fraction of sp³-hybridized carbons (Fsp3) is 0.133. The van der Waals surface area contributed by atoms with Crippen molar-refractivity contribution in [2.75, 3.05) is 11.1 Å². The fourth-order valence-electron chi connectivity index (χ4n) is 2.01. The molecule has 0 radical (unpaired) electrons. The maximum absolute atomic E-state index is 12.4. The molecule has 2 aromatic carbocycles. The molecule has 3 nitrogen and oxygen atoms in total. The topological polar surface area (TPSA) is 55.1 Å². The number of nitrogen functional groups attached to an aromatic ring is 1. The molecule has 0 aromatic heterocycles. The van der Waals surface area contributed by atoms with Gasteiger partial charge in [0.15, 0.2) is 0 Å². The summed E-state index contributed by atoms with van der Waals surface area (Å²) in [5.41, 5.74) is 9.70. The summed E-state index contributed by atoms with van der Waals surface area (Å²) in [6.07, 6.45) is 0. The normalized spacial score (nSPS) is 10.4. The first kappa shape index (κ1) is 15.1. The number of anilines is 2. The van der Waals surface area contributed by atoms with Gasteiger partial charge in [0.25, 0.3) is 5.91 Å². The number of halogens is 2. The Morgan fingerprint density at radius 2 is 1.75 bits per heavy atom. The van der Waals surface area contributed by atoms with E-state index in [0.29, 0.717) is 15.7 Å². The van der Waals surface area contributed by atoms with E-state index < -0.39 is 0 Å². The van der Waals surface area contributed by atoms with Crippen molar-refractivity contribution in [2.45, 2.75) is 13.8 Å². The first-order valence-electron chi connectivity index (χ1n) is 6.02. The molecule has 0 aliphatic rings. The van der Waals surface area contributed by atoms with Gasteiger partial charge in [-0.15, -0.1) is 0 Å². The van der Waals surface area contributed by atoms with E-state index in [4.69, 9.17) is 5.73 Å². The molecule has 0 bridgehead atoms. The summed E-state index contributed by atoms with van der Waals surface area (Å²) < 4.78 is 1.61. The third-order valence-corrected chi connectivity index (χ3v) is 4.35. The number of aryl methyl sites for hydroxylation is 2. The number of carbonyl (C=O) groups is 1. The molecule has 0 aliphatic heterocycles. The van der Waals surface area contributed by atoms with Gasteiger partial charge in [0.05, 0.1) is 10.0 Å². The van der Waals surface area contributed by atoms with E-state index in [-0.39, 0.29) is 5.91 Å². The lowest BCUT2D eigenvalue weighted by Gasteiger charge is -2.13. The highest BCUT2D eigenvalue weighted by Gasteiger charge is 2.14. The molecule has 20 heavy (non-hydrogen) atoms. The Bertz CT molecular complexity index is 661. The van der Waals surface area contributed by atoms with Crippen molar-refractivity contribution in [3.05, 3.63) is 56.0 Å². The summed E-state index contributed by atoms with van der Waals surface area (Å²) in [6, 6.07) is 9.18. The molecular weight excluding hydrogens is 384 g/mol. The standard InChI is InChI=1S/C15H14Br2N2O/c1-8-6-10(16)7-9(2)14(8)19-15(20)11-4-3-5-12(18)13(11)17/h3-7H,18H2,1-2H3,(H,19,20). The minimum Gasteiger partial charge on any atom is -0.398 e. The molecule has 2 rings (SSSR count). The Labute approximate surface area is 134 Å². The second-order valence-electron chi connectivity index (χ2n) is 4.58. The summed E-state index contributed by atoms with van der Waals surface area (Å²) in [5.74, 6) is -0.183. The number of nitrogens with one attached hydrogen (secondary N) is 1. The summed E-state index contributed by atoms with van der Waals surface area (Å²) in [4.78, 5) is 12.4. The summed E-state index contributed by atoms with van der Waals surface area (Å²) in [7, 11) is 0. The van der Waals surface area contributed by atoms with E-state index in [1.807, 2.05) is 26.0 Å². The number of hydrogen-bond donors (Lipinski definition) is 2. The molecule has 0 heterocycles. The Morgan fingerprint density at radius 1 is 1.15 bits per heavy atom. The molecule has 0 aliphatic carbocycles. The Kier molecular flexibility index (Phi) is 4.50. The minimum absolute atomic E-state index is 0.183. The van der Waals surface area contributed by atoms with E-state index in [9.17, 15) is 4.79 Å². The molecule has 3 N–H and O–H groups in total. The summed E-state index contributed by atoms with van der Waals surface area (Å²) in [6.45, 7) is 3.92. The van der Waals surface area contributed by atoms with Gasteiger partial charge in [0, 0.05) is 15.8 Å². The smallest absolute Gasteiger partial charge is 0.256 e. The zero-order chi connectivity index (χ0) is 14.9. The molecule has 5 heteroatoms. The average molecular weight is 398 g/mol. The third-order valence-electron chi connectivity index (χ3n) is 3.01. The Morgan fingerprint density at radius 3 is 2.35 bits per heavy atom. The van der Waals surface area contributed by atoms with Crippen molar-refractivity contribution in [2.24, 2.45) is 0 Å². The van der Waals surface area contributed by atoms with E-state index in [0.717, 1.165) is 21.3 Å². The zero-order valence-corrected chi connectivity index (χ0v) is 14.3. The zero-order valence-electron chi connectivity index (χ0n) is 11.1. The van der Waals surface area contributed by atoms with Crippen molar-refractivity contribution in [1.29, 1.82) is 0 Å². The highest BCUT2D eigenvalue weighted by atomic mass is 79.9. The van der Waals surface area contributed by atoms with Crippen LogP contribution in [0.4, 0.5) is 11.4 Å². The van der Waals surface area contributed by atoms with Crippen LogP contribution in [0, 0.1) is 13.8 Å². The Balaban J connectivity index is 2.36. The molecule has 0 saturated heterocycles. The largest absolute Gasteiger partial charge is 0.398 e. The lowest BCUT2D eigenvalue weighted by molar-refractivity contribution is 0.102. The molecule has 0 fully saturated rings. The highest BCUT2D eigenvalue weighted by molar-refractivity contribution is 9.11. The van der Waals surface area contributed by atoms with E-state index in [1.54, 1.807) is 18.2 Å². The number of hydrogen-bond acceptors (Lipinski definition) is 2. The first-order chi connectivity index (χ1) is 9.40. The molecule has 0 spiro atoms. The SMILES string of the molecule is Cc1cc(Br)cc(C)c1NC(=O)c1cccc(N)c1Br. The van der Waals surface area contributed by atoms with Crippen molar-refractivity contribution in [3.63, 3.8) is 0 Å². The van der Waals surface area contributed by atoms with Crippen molar-refractivity contribution in [1.82, 2.24) is 0 Å². The van der Waals surface area contributed by atoms with E-state index in [1.165, 1.54) is 0 Å². The quantitative estimate of drug-likeness (QED) is 0.723. The average Bonchev–Trinajstić information content (AvgIpc) is 2.36. The predicted molar refractivity (Wildman–Crippen MR) is 90.1 cm³/mol. The fourth-order valence-corrected chi connectivity index (χ4v) is 3.15. The molecule has 0 atom stereocenters. The van der Waals surface area contributed by atoms with Gasteiger partial charge in [0.2, 0.25) is 0 Å². The summed E-state index contributed by atoms with van der Waals surface area (Å²) >= 11 is 6.79. The molecule has 104 valence electrons. The number of carbonyl (C=O) groups excluding carboxylic acids is 1. The van der Waals surface area contributed by atoms with Gasteiger partial charge in [-0.2, -0.15) is 0 Å². The van der Waals surface area contributed by atoms with Gasteiger partial charge >= 0.3 is 0 Å². The minimum atomic E-state index is -0.183. The number of amides is 1. The first-order valence-corrected chi connectivity index (χ1v) is 7.61. The maximum Gasteiger partial charge on any atom is 0.256 e. The molecular formula is C15H14Br2N2O. The number of nitrogens with two attached hydrogens (primary N) is 1. The maximum atomic E-state index is 12.4. The Hall–Kier alpha value is -1.33. The van der Waals surface area contributed by atoms with Gasteiger partial charge in [-0.3, -0.25) is 4.79 Å². The van der Waals surface area contributed by atoms with Crippen LogP contribution < -0.4 is 11.1 Å².